The molecule has 0 unspecified atom stereocenters. The highest BCUT2D eigenvalue weighted by atomic mass is 127. The molecule has 0 heterocycles. The maximum absolute atomic E-state index is 12.8. The molecule has 0 aromatic rings. The van der Waals surface area contributed by atoms with Crippen molar-refractivity contribution in [1.82, 2.24) is 0 Å². The Bertz CT molecular complexity index is 279. The van der Waals surface area contributed by atoms with Crippen LogP contribution in [0.3, 0.4) is 0 Å². The molecular weight excluding hydrogens is 342 g/mol. The zero-order chi connectivity index (χ0) is 12.8. The summed E-state index contributed by atoms with van der Waals surface area (Å²) >= 11 is 1.61. The Kier molecular flexibility index (Phi) is 7.17. The number of hydrogen-bond acceptors (Lipinski definition) is 0. The molecule has 0 saturated heterocycles. The van der Waals surface area contributed by atoms with Crippen LogP contribution >= 0.6 is 22.6 Å². The van der Waals surface area contributed by atoms with Gasteiger partial charge < -0.3 is 0 Å². The van der Waals surface area contributed by atoms with Crippen LogP contribution in [0.15, 0.2) is 21.6 Å². The number of rotatable bonds is 6. The summed E-state index contributed by atoms with van der Waals surface area (Å²) in [7, 11) is 0. The first-order valence-electron chi connectivity index (χ1n) is 4.77. The number of allylic oxidation sites excluding steroid dienone is 3. The third kappa shape index (κ3) is 5.81. The monoisotopic (exact) mass is 354 g/mol. The quantitative estimate of drug-likeness (QED) is 0.331. The highest BCUT2D eigenvalue weighted by Gasteiger charge is 2.36. The average Bonchev–Trinajstić information content (AvgIpc) is 2.16. The minimum atomic E-state index is -4.21. The standard InChI is InChI=1S/C10H12F5I/c1-2-3-4-5-7(16)6-10(14,15)8(11)9(12)13/h6H,2-5H2,1H3/b7-6+. The van der Waals surface area contributed by atoms with Gasteiger partial charge in [-0.1, -0.05) is 19.8 Å². The summed E-state index contributed by atoms with van der Waals surface area (Å²) in [6, 6.07) is 0. The number of hydrogen-bond donors (Lipinski definition) is 0. The van der Waals surface area contributed by atoms with Crippen molar-refractivity contribution in [3.8, 4) is 0 Å². The van der Waals surface area contributed by atoms with Gasteiger partial charge in [-0.25, -0.2) is 0 Å². The second-order valence-electron chi connectivity index (χ2n) is 3.25. The zero-order valence-corrected chi connectivity index (χ0v) is 10.8. The predicted molar refractivity (Wildman–Crippen MR) is 61.5 cm³/mol. The lowest BCUT2D eigenvalue weighted by Crippen LogP contribution is -2.14. The van der Waals surface area contributed by atoms with Crippen LogP contribution in [0, 0.1) is 0 Å². The summed E-state index contributed by atoms with van der Waals surface area (Å²) in [6.07, 6.45) is 0.0994. The van der Waals surface area contributed by atoms with E-state index in [2.05, 4.69) is 0 Å². The van der Waals surface area contributed by atoms with Crippen LogP contribution in [0.1, 0.15) is 32.6 Å². The van der Waals surface area contributed by atoms with E-state index in [1.165, 1.54) is 0 Å². The van der Waals surface area contributed by atoms with Crippen LogP contribution in [-0.4, -0.2) is 5.92 Å². The molecular formula is C10H12F5I. The lowest BCUT2D eigenvalue weighted by molar-refractivity contribution is 0.0607. The highest BCUT2D eigenvalue weighted by molar-refractivity contribution is 14.1. The molecule has 0 spiro atoms. The van der Waals surface area contributed by atoms with E-state index in [0.29, 0.717) is 12.8 Å². The maximum atomic E-state index is 12.8. The summed E-state index contributed by atoms with van der Waals surface area (Å²) in [5, 5.41) is 0. The van der Waals surface area contributed by atoms with Crippen molar-refractivity contribution in [3.05, 3.63) is 21.6 Å². The highest BCUT2D eigenvalue weighted by Crippen LogP contribution is 2.33. The lowest BCUT2D eigenvalue weighted by Gasteiger charge is -2.09. The van der Waals surface area contributed by atoms with Crippen molar-refractivity contribution in [2.45, 2.75) is 38.5 Å². The Hall–Kier alpha value is -0.140. The van der Waals surface area contributed by atoms with Gasteiger partial charge in [0.2, 0.25) is 5.83 Å². The van der Waals surface area contributed by atoms with Crippen molar-refractivity contribution >= 4 is 22.6 Å². The molecule has 0 bridgehead atoms. The van der Waals surface area contributed by atoms with Gasteiger partial charge in [0.1, 0.15) is 0 Å². The van der Waals surface area contributed by atoms with E-state index in [0.717, 1.165) is 12.8 Å². The van der Waals surface area contributed by atoms with Crippen LogP contribution < -0.4 is 0 Å². The predicted octanol–water partition coefficient (Wildman–Crippen LogP) is 5.60. The van der Waals surface area contributed by atoms with Gasteiger partial charge in [0.15, 0.2) is 0 Å². The van der Waals surface area contributed by atoms with E-state index >= 15 is 0 Å². The second kappa shape index (κ2) is 7.24. The smallest absolute Gasteiger partial charge is 0.199 e. The normalized spacial score (nSPS) is 12.8. The minimum absolute atomic E-state index is 0.187. The topological polar surface area (TPSA) is 0 Å². The molecule has 6 heteroatoms. The summed E-state index contributed by atoms with van der Waals surface area (Å²) in [4.78, 5) is 0. The Morgan fingerprint density at radius 2 is 1.75 bits per heavy atom. The van der Waals surface area contributed by atoms with Crippen molar-refractivity contribution < 1.29 is 22.0 Å². The molecule has 0 nitrogen and oxygen atoms in total. The molecule has 16 heavy (non-hydrogen) atoms. The molecule has 94 valence electrons. The van der Waals surface area contributed by atoms with Crippen LogP contribution in [0.4, 0.5) is 22.0 Å². The van der Waals surface area contributed by atoms with Gasteiger partial charge in [-0.2, -0.15) is 22.0 Å². The summed E-state index contributed by atoms with van der Waals surface area (Å²) in [5.74, 6) is -6.88. The first kappa shape index (κ1) is 15.9. The molecule has 0 fully saturated rings. The number of unbranched alkanes of at least 4 members (excludes halogenated alkanes) is 2. The molecule has 0 saturated carbocycles. The van der Waals surface area contributed by atoms with Crippen LogP contribution in [-0.2, 0) is 0 Å². The number of halogens is 6. The molecule has 0 aliphatic carbocycles. The third-order valence-electron chi connectivity index (χ3n) is 1.82. The van der Waals surface area contributed by atoms with Gasteiger partial charge in [0.25, 0.3) is 0 Å². The van der Waals surface area contributed by atoms with Crippen molar-refractivity contribution in [2.75, 3.05) is 0 Å². The van der Waals surface area contributed by atoms with Crippen LogP contribution in [0.25, 0.3) is 0 Å². The first-order valence-corrected chi connectivity index (χ1v) is 5.85. The molecule has 0 aromatic heterocycles. The molecule has 0 rings (SSSR count). The molecule has 0 N–H and O–H groups in total. The van der Waals surface area contributed by atoms with Gasteiger partial charge in [0, 0.05) is 6.08 Å². The Labute approximate surface area is 105 Å². The van der Waals surface area contributed by atoms with E-state index in [1.54, 1.807) is 22.6 Å². The van der Waals surface area contributed by atoms with Gasteiger partial charge >= 0.3 is 12.0 Å². The van der Waals surface area contributed by atoms with Crippen LogP contribution in [0.2, 0.25) is 0 Å². The average molecular weight is 354 g/mol. The van der Waals surface area contributed by atoms with Gasteiger partial charge in [-0.3, -0.25) is 0 Å². The Morgan fingerprint density at radius 3 is 2.19 bits per heavy atom. The van der Waals surface area contributed by atoms with E-state index in [4.69, 9.17) is 0 Å². The zero-order valence-electron chi connectivity index (χ0n) is 8.67. The molecule has 0 aliphatic rings. The maximum Gasteiger partial charge on any atom is 0.323 e. The van der Waals surface area contributed by atoms with E-state index in [1.807, 2.05) is 6.92 Å². The lowest BCUT2D eigenvalue weighted by atomic mass is 10.2. The van der Waals surface area contributed by atoms with E-state index in [-0.39, 0.29) is 9.66 Å². The fraction of sp³-hybridized carbons (Fsp3) is 0.600. The molecule has 0 radical (unpaired) electrons. The second-order valence-corrected chi connectivity index (χ2v) is 4.63. The molecule has 0 amide bonds. The molecule has 0 aliphatic heterocycles. The third-order valence-corrected chi connectivity index (χ3v) is 2.67. The summed E-state index contributed by atoms with van der Waals surface area (Å²) in [5.41, 5.74) is 0. The SMILES string of the molecule is CCCCC/C(I)=C\C(F)(F)C(F)=C(F)F. The fourth-order valence-corrected chi connectivity index (χ4v) is 1.77. The van der Waals surface area contributed by atoms with Gasteiger partial charge in [0.05, 0.1) is 0 Å². The minimum Gasteiger partial charge on any atom is -0.199 e. The van der Waals surface area contributed by atoms with Gasteiger partial charge in [-0.05, 0) is 39.0 Å². The fourth-order valence-electron chi connectivity index (χ4n) is 1.00. The first-order chi connectivity index (χ1) is 7.31. The summed E-state index contributed by atoms with van der Waals surface area (Å²) in [6.45, 7) is 1.95. The van der Waals surface area contributed by atoms with Crippen molar-refractivity contribution in [1.29, 1.82) is 0 Å². The molecule has 0 atom stereocenters. The van der Waals surface area contributed by atoms with E-state index < -0.39 is 17.8 Å². The van der Waals surface area contributed by atoms with Crippen molar-refractivity contribution in [3.63, 3.8) is 0 Å². The van der Waals surface area contributed by atoms with Crippen molar-refractivity contribution in [2.24, 2.45) is 0 Å². The van der Waals surface area contributed by atoms with Crippen LogP contribution in [0.5, 0.6) is 0 Å². The largest absolute Gasteiger partial charge is 0.323 e. The molecule has 0 aromatic carbocycles. The Morgan fingerprint density at radius 1 is 1.19 bits per heavy atom. The summed E-state index contributed by atoms with van der Waals surface area (Å²) < 4.78 is 61.6. The number of alkyl halides is 2. The van der Waals surface area contributed by atoms with E-state index in [9.17, 15) is 22.0 Å². The van der Waals surface area contributed by atoms with Gasteiger partial charge in [-0.15, -0.1) is 0 Å². The Balaban J connectivity index is 4.54.